The van der Waals surface area contributed by atoms with Crippen LogP contribution in [0.2, 0.25) is 0 Å². The number of fused-ring (bicyclic) bond motifs is 1. The second kappa shape index (κ2) is 2.78. The molecule has 0 bridgehead atoms. The van der Waals surface area contributed by atoms with E-state index in [-0.39, 0.29) is 11.0 Å². The molecule has 1 aliphatic rings. The summed E-state index contributed by atoms with van der Waals surface area (Å²) in [5.74, 6) is 1.06. The fourth-order valence-corrected chi connectivity index (χ4v) is 2.09. The first-order valence-corrected chi connectivity index (χ1v) is 5.56. The SMILES string of the molecule is Cc1cc2c(cc1C)C(C)(C)C(C)(C)O2. The smallest absolute Gasteiger partial charge is 0.124 e. The van der Waals surface area contributed by atoms with Crippen molar-refractivity contribution in [2.45, 2.75) is 52.6 Å². The van der Waals surface area contributed by atoms with Gasteiger partial charge in [0.1, 0.15) is 11.4 Å². The van der Waals surface area contributed by atoms with Crippen LogP contribution >= 0.6 is 0 Å². The number of hydrogen-bond acceptors (Lipinski definition) is 1. The van der Waals surface area contributed by atoms with Gasteiger partial charge in [-0.1, -0.05) is 19.9 Å². The topological polar surface area (TPSA) is 9.23 Å². The summed E-state index contributed by atoms with van der Waals surface area (Å²) in [4.78, 5) is 0. The molecule has 0 aliphatic carbocycles. The average Bonchev–Trinajstić information content (AvgIpc) is 2.24. The van der Waals surface area contributed by atoms with Gasteiger partial charge in [-0.15, -0.1) is 0 Å². The third-order valence-corrected chi connectivity index (χ3v) is 4.14. The van der Waals surface area contributed by atoms with Crippen molar-refractivity contribution in [3.05, 3.63) is 28.8 Å². The van der Waals surface area contributed by atoms with Gasteiger partial charge < -0.3 is 4.74 Å². The molecule has 1 heteroatoms. The molecule has 1 nitrogen and oxygen atoms in total. The number of ether oxygens (including phenoxy) is 1. The van der Waals surface area contributed by atoms with Gasteiger partial charge in [-0.05, 0) is 44.9 Å². The molecule has 2 rings (SSSR count). The first-order valence-electron chi connectivity index (χ1n) is 5.56. The van der Waals surface area contributed by atoms with Crippen molar-refractivity contribution < 1.29 is 4.74 Å². The summed E-state index contributed by atoms with van der Waals surface area (Å²) in [6.45, 7) is 13.1. The van der Waals surface area contributed by atoms with Gasteiger partial charge in [0.15, 0.2) is 0 Å². The number of rotatable bonds is 0. The van der Waals surface area contributed by atoms with Crippen molar-refractivity contribution in [1.82, 2.24) is 0 Å². The van der Waals surface area contributed by atoms with E-state index in [9.17, 15) is 0 Å². The molecule has 0 saturated heterocycles. The molecule has 0 atom stereocenters. The lowest BCUT2D eigenvalue weighted by molar-refractivity contribution is 0.0712. The monoisotopic (exact) mass is 204 g/mol. The molecular formula is C14H20O. The van der Waals surface area contributed by atoms with Crippen LogP contribution in [0, 0.1) is 13.8 Å². The minimum Gasteiger partial charge on any atom is -0.487 e. The molecular weight excluding hydrogens is 184 g/mol. The van der Waals surface area contributed by atoms with Crippen LogP contribution in [0.1, 0.15) is 44.4 Å². The molecule has 0 spiro atoms. The van der Waals surface area contributed by atoms with E-state index in [1.165, 1.54) is 16.7 Å². The highest BCUT2D eigenvalue weighted by Gasteiger charge is 2.47. The van der Waals surface area contributed by atoms with Crippen LogP contribution in [0.4, 0.5) is 0 Å². The molecule has 0 aromatic heterocycles. The highest BCUT2D eigenvalue weighted by molar-refractivity contribution is 5.50. The van der Waals surface area contributed by atoms with Crippen LogP contribution in [0.25, 0.3) is 0 Å². The molecule has 1 aliphatic heterocycles. The average molecular weight is 204 g/mol. The van der Waals surface area contributed by atoms with Gasteiger partial charge in [0, 0.05) is 11.0 Å². The van der Waals surface area contributed by atoms with Crippen molar-refractivity contribution in [3.8, 4) is 5.75 Å². The molecule has 0 N–H and O–H groups in total. The highest BCUT2D eigenvalue weighted by atomic mass is 16.5. The Morgan fingerprint density at radius 2 is 1.47 bits per heavy atom. The maximum absolute atomic E-state index is 6.05. The number of benzene rings is 1. The molecule has 0 saturated carbocycles. The van der Waals surface area contributed by atoms with Gasteiger partial charge in [0.25, 0.3) is 0 Å². The van der Waals surface area contributed by atoms with Crippen LogP contribution in [0.5, 0.6) is 5.75 Å². The van der Waals surface area contributed by atoms with E-state index in [0.29, 0.717) is 0 Å². The van der Waals surface area contributed by atoms with E-state index < -0.39 is 0 Å². The molecule has 82 valence electrons. The predicted molar refractivity (Wildman–Crippen MR) is 63.6 cm³/mol. The lowest BCUT2D eigenvalue weighted by Crippen LogP contribution is -2.41. The largest absolute Gasteiger partial charge is 0.487 e. The summed E-state index contributed by atoms with van der Waals surface area (Å²) < 4.78 is 6.05. The molecule has 1 aromatic rings. The van der Waals surface area contributed by atoms with Gasteiger partial charge in [-0.2, -0.15) is 0 Å². The summed E-state index contributed by atoms with van der Waals surface area (Å²) in [6, 6.07) is 4.45. The van der Waals surface area contributed by atoms with E-state index >= 15 is 0 Å². The Kier molecular flexibility index (Phi) is 1.95. The zero-order valence-electron chi connectivity index (χ0n) is 10.6. The van der Waals surface area contributed by atoms with E-state index in [0.717, 1.165) is 5.75 Å². The minimum atomic E-state index is -0.116. The molecule has 1 aromatic carbocycles. The van der Waals surface area contributed by atoms with Gasteiger partial charge in [0.05, 0.1) is 0 Å². The zero-order valence-corrected chi connectivity index (χ0v) is 10.6. The van der Waals surface area contributed by atoms with E-state index in [2.05, 4.69) is 53.7 Å². The summed E-state index contributed by atoms with van der Waals surface area (Å²) in [7, 11) is 0. The van der Waals surface area contributed by atoms with Crippen molar-refractivity contribution in [2.24, 2.45) is 0 Å². The van der Waals surface area contributed by atoms with Gasteiger partial charge in [-0.3, -0.25) is 0 Å². The van der Waals surface area contributed by atoms with Crippen LogP contribution in [-0.4, -0.2) is 5.60 Å². The van der Waals surface area contributed by atoms with Crippen LogP contribution in [0.3, 0.4) is 0 Å². The van der Waals surface area contributed by atoms with E-state index in [4.69, 9.17) is 4.74 Å². The fourth-order valence-electron chi connectivity index (χ4n) is 2.09. The summed E-state index contributed by atoms with van der Waals surface area (Å²) in [6.07, 6.45) is 0. The van der Waals surface area contributed by atoms with Crippen LogP contribution in [0.15, 0.2) is 12.1 Å². The Labute approximate surface area is 92.5 Å². The normalized spacial score (nSPS) is 20.9. The quantitative estimate of drug-likeness (QED) is 0.625. The van der Waals surface area contributed by atoms with Gasteiger partial charge >= 0.3 is 0 Å². The fraction of sp³-hybridized carbons (Fsp3) is 0.571. The molecule has 0 radical (unpaired) electrons. The molecule has 15 heavy (non-hydrogen) atoms. The van der Waals surface area contributed by atoms with Gasteiger partial charge in [0.2, 0.25) is 0 Å². The maximum Gasteiger partial charge on any atom is 0.124 e. The number of hydrogen-bond donors (Lipinski definition) is 0. The van der Waals surface area contributed by atoms with Gasteiger partial charge in [-0.25, -0.2) is 0 Å². The highest BCUT2D eigenvalue weighted by Crippen LogP contribution is 2.49. The summed E-state index contributed by atoms with van der Waals surface area (Å²) in [5, 5.41) is 0. The summed E-state index contributed by atoms with van der Waals surface area (Å²) in [5.41, 5.74) is 3.97. The maximum atomic E-state index is 6.05. The van der Waals surface area contributed by atoms with Crippen molar-refractivity contribution in [1.29, 1.82) is 0 Å². The molecule has 0 fully saturated rings. The Hall–Kier alpha value is -0.980. The summed E-state index contributed by atoms with van der Waals surface area (Å²) >= 11 is 0. The Morgan fingerprint density at radius 1 is 0.933 bits per heavy atom. The zero-order chi connectivity index (χ0) is 11.4. The Balaban J connectivity index is 2.65. The first kappa shape index (κ1) is 10.5. The van der Waals surface area contributed by atoms with Crippen molar-refractivity contribution in [2.75, 3.05) is 0 Å². The Bertz CT molecular complexity index is 414. The predicted octanol–water partition coefficient (Wildman–Crippen LogP) is 3.75. The molecule has 1 heterocycles. The molecule has 0 amide bonds. The molecule has 0 unspecified atom stereocenters. The second-order valence-electron chi connectivity index (χ2n) is 5.67. The second-order valence-corrected chi connectivity index (χ2v) is 5.67. The Morgan fingerprint density at radius 3 is 2.07 bits per heavy atom. The third-order valence-electron chi connectivity index (χ3n) is 4.14. The third kappa shape index (κ3) is 1.29. The first-order chi connectivity index (χ1) is 6.75. The van der Waals surface area contributed by atoms with E-state index in [1.54, 1.807) is 0 Å². The van der Waals surface area contributed by atoms with Crippen molar-refractivity contribution in [3.63, 3.8) is 0 Å². The van der Waals surface area contributed by atoms with E-state index in [1.807, 2.05) is 0 Å². The lowest BCUT2D eigenvalue weighted by atomic mass is 9.73. The van der Waals surface area contributed by atoms with Crippen LogP contribution in [-0.2, 0) is 5.41 Å². The van der Waals surface area contributed by atoms with Crippen LogP contribution < -0.4 is 4.74 Å². The minimum absolute atomic E-state index is 0.0841. The number of aryl methyl sites for hydroxylation is 2. The van der Waals surface area contributed by atoms with Crippen molar-refractivity contribution >= 4 is 0 Å². The standard InChI is InChI=1S/C14H20O/c1-9-7-11-12(8-10(9)2)15-14(5,6)13(11,3)4/h7-8H,1-6H3. The lowest BCUT2D eigenvalue weighted by Gasteiger charge is -2.33.